The third-order valence-electron chi connectivity index (χ3n) is 2.62. The molecule has 88 valence electrons. The van der Waals surface area contributed by atoms with E-state index in [1.165, 1.54) is 6.33 Å². The molecule has 1 aliphatic heterocycles. The largest absolute Gasteiger partial charge is 0.454 e. The first-order chi connectivity index (χ1) is 8.81. The lowest BCUT2D eigenvalue weighted by molar-refractivity contribution is 0.174. The number of ether oxygens (including phenoxy) is 2. The van der Waals surface area contributed by atoms with Gasteiger partial charge in [-0.25, -0.2) is 4.98 Å². The quantitative estimate of drug-likeness (QED) is 0.805. The van der Waals surface area contributed by atoms with Crippen LogP contribution >= 0.6 is 0 Å². The third-order valence-corrected chi connectivity index (χ3v) is 2.62. The summed E-state index contributed by atoms with van der Waals surface area (Å²) in [6, 6.07) is 7.09. The molecule has 0 aliphatic carbocycles. The Hall–Kier alpha value is -2.81. The minimum absolute atomic E-state index is 0.0404. The number of nitriles is 1. The van der Waals surface area contributed by atoms with Crippen molar-refractivity contribution in [1.82, 2.24) is 9.97 Å². The van der Waals surface area contributed by atoms with E-state index in [1.54, 1.807) is 18.2 Å². The van der Waals surface area contributed by atoms with E-state index < -0.39 is 5.56 Å². The molecule has 0 atom stereocenters. The van der Waals surface area contributed by atoms with Crippen molar-refractivity contribution in [2.24, 2.45) is 0 Å². The van der Waals surface area contributed by atoms with Gasteiger partial charge in [0.25, 0.3) is 5.56 Å². The minimum Gasteiger partial charge on any atom is -0.454 e. The second-order valence-corrected chi connectivity index (χ2v) is 3.61. The Labute approximate surface area is 101 Å². The van der Waals surface area contributed by atoms with Crippen LogP contribution in [-0.4, -0.2) is 16.8 Å². The van der Waals surface area contributed by atoms with E-state index >= 15 is 0 Å². The number of nitrogens with one attached hydrogen (secondary N) is 1. The summed E-state index contributed by atoms with van der Waals surface area (Å²) in [5, 5.41) is 9.03. The summed E-state index contributed by atoms with van der Waals surface area (Å²) in [6.45, 7) is 0.122. The number of fused-ring (bicyclic) bond motifs is 1. The number of nitrogens with zero attached hydrogens (tertiary/aromatic N) is 2. The maximum Gasteiger partial charge on any atom is 0.269 e. The summed E-state index contributed by atoms with van der Waals surface area (Å²) in [5.41, 5.74) is 0.358. The van der Waals surface area contributed by atoms with E-state index in [0.29, 0.717) is 22.8 Å². The minimum atomic E-state index is -0.473. The topological polar surface area (TPSA) is 88.0 Å². The lowest BCUT2D eigenvalue weighted by atomic mass is 10.1. The fraction of sp³-hybridized carbons (Fsp3) is 0.0833. The number of aromatic nitrogens is 2. The summed E-state index contributed by atoms with van der Waals surface area (Å²) >= 11 is 0. The molecule has 0 radical (unpaired) electrons. The van der Waals surface area contributed by atoms with Crippen molar-refractivity contribution in [3.63, 3.8) is 0 Å². The number of benzene rings is 1. The summed E-state index contributed by atoms with van der Waals surface area (Å²) in [4.78, 5) is 18.0. The predicted molar refractivity (Wildman–Crippen MR) is 61.1 cm³/mol. The second-order valence-electron chi connectivity index (χ2n) is 3.61. The first-order valence-electron chi connectivity index (χ1n) is 5.18. The van der Waals surface area contributed by atoms with Gasteiger partial charge < -0.3 is 14.5 Å². The van der Waals surface area contributed by atoms with Crippen LogP contribution in [0.4, 0.5) is 0 Å². The van der Waals surface area contributed by atoms with Crippen molar-refractivity contribution in [2.75, 3.05) is 6.79 Å². The third kappa shape index (κ3) is 1.42. The number of rotatable bonds is 1. The zero-order valence-electron chi connectivity index (χ0n) is 9.14. The molecule has 0 unspecified atom stereocenters. The average Bonchev–Trinajstić information content (AvgIpc) is 2.86. The van der Waals surface area contributed by atoms with Crippen molar-refractivity contribution in [3.8, 4) is 28.8 Å². The molecule has 0 spiro atoms. The lowest BCUT2D eigenvalue weighted by Gasteiger charge is -2.05. The van der Waals surface area contributed by atoms with Crippen molar-refractivity contribution < 1.29 is 9.47 Å². The highest BCUT2D eigenvalue weighted by molar-refractivity contribution is 5.75. The Morgan fingerprint density at radius 2 is 2.28 bits per heavy atom. The van der Waals surface area contributed by atoms with Gasteiger partial charge in [-0.15, -0.1) is 0 Å². The highest BCUT2D eigenvalue weighted by atomic mass is 16.7. The van der Waals surface area contributed by atoms with Gasteiger partial charge in [0.1, 0.15) is 11.6 Å². The summed E-state index contributed by atoms with van der Waals surface area (Å²) in [7, 11) is 0. The van der Waals surface area contributed by atoms with E-state index in [-0.39, 0.29) is 12.4 Å². The van der Waals surface area contributed by atoms with Crippen LogP contribution in [0.5, 0.6) is 11.5 Å². The van der Waals surface area contributed by atoms with Gasteiger partial charge in [0.05, 0.1) is 12.0 Å². The molecule has 2 heterocycles. The monoisotopic (exact) mass is 241 g/mol. The molecule has 1 aromatic carbocycles. The standard InChI is InChI=1S/C12H7N3O3/c13-4-8-10(14-5-15-12(8)16)7-2-1-3-9-11(7)18-6-17-9/h1-3,5H,6H2,(H,14,15,16). The molecule has 0 amide bonds. The van der Waals surface area contributed by atoms with Gasteiger partial charge in [-0.05, 0) is 12.1 Å². The first kappa shape index (κ1) is 10.4. The van der Waals surface area contributed by atoms with Crippen LogP contribution in [0.25, 0.3) is 11.3 Å². The van der Waals surface area contributed by atoms with Gasteiger partial charge in [-0.2, -0.15) is 5.26 Å². The molecule has 0 bridgehead atoms. The molecule has 0 saturated carbocycles. The van der Waals surface area contributed by atoms with E-state index in [1.807, 2.05) is 6.07 Å². The number of aromatic amines is 1. The highest BCUT2D eigenvalue weighted by Crippen LogP contribution is 2.40. The summed E-state index contributed by atoms with van der Waals surface area (Å²) < 4.78 is 10.6. The van der Waals surface area contributed by atoms with Crippen LogP contribution < -0.4 is 15.0 Å². The van der Waals surface area contributed by atoms with Crippen LogP contribution in [0.2, 0.25) is 0 Å². The van der Waals surface area contributed by atoms with Crippen LogP contribution in [-0.2, 0) is 0 Å². The molecular formula is C12H7N3O3. The number of hydrogen-bond donors (Lipinski definition) is 1. The summed E-state index contributed by atoms with van der Waals surface area (Å²) in [6.07, 6.45) is 1.26. The van der Waals surface area contributed by atoms with E-state index in [0.717, 1.165) is 0 Å². The van der Waals surface area contributed by atoms with Crippen LogP contribution in [0.1, 0.15) is 5.56 Å². The van der Waals surface area contributed by atoms with Crippen molar-refractivity contribution in [2.45, 2.75) is 0 Å². The van der Waals surface area contributed by atoms with Gasteiger partial charge in [-0.1, -0.05) is 6.07 Å². The number of para-hydroxylation sites is 1. The molecule has 6 nitrogen and oxygen atoms in total. The van der Waals surface area contributed by atoms with Crippen molar-refractivity contribution in [1.29, 1.82) is 5.26 Å². The molecule has 0 fully saturated rings. The maximum atomic E-state index is 11.6. The Morgan fingerprint density at radius 1 is 1.39 bits per heavy atom. The molecule has 18 heavy (non-hydrogen) atoms. The molecule has 0 saturated heterocycles. The van der Waals surface area contributed by atoms with Gasteiger partial charge in [0.15, 0.2) is 11.5 Å². The van der Waals surface area contributed by atoms with Crippen LogP contribution in [0.3, 0.4) is 0 Å². The second kappa shape index (κ2) is 3.89. The molecule has 6 heteroatoms. The molecule has 1 N–H and O–H groups in total. The highest BCUT2D eigenvalue weighted by Gasteiger charge is 2.21. The predicted octanol–water partition coefficient (Wildman–Crippen LogP) is 1.04. The van der Waals surface area contributed by atoms with E-state index in [9.17, 15) is 4.79 Å². The lowest BCUT2D eigenvalue weighted by Crippen LogP contribution is -2.12. The van der Waals surface area contributed by atoms with Crippen molar-refractivity contribution in [3.05, 3.63) is 40.4 Å². The smallest absolute Gasteiger partial charge is 0.269 e. The Balaban J connectivity index is 2.30. The molecule has 1 aromatic heterocycles. The average molecular weight is 241 g/mol. The number of H-pyrrole nitrogens is 1. The van der Waals surface area contributed by atoms with Crippen molar-refractivity contribution >= 4 is 0 Å². The zero-order chi connectivity index (χ0) is 12.5. The fourth-order valence-electron chi connectivity index (χ4n) is 1.82. The Morgan fingerprint density at radius 3 is 3.11 bits per heavy atom. The fourth-order valence-corrected chi connectivity index (χ4v) is 1.82. The molecule has 1 aliphatic rings. The van der Waals surface area contributed by atoms with E-state index in [4.69, 9.17) is 14.7 Å². The van der Waals surface area contributed by atoms with Crippen LogP contribution in [0, 0.1) is 11.3 Å². The van der Waals surface area contributed by atoms with Gasteiger partial charge in [-0.3, -0.25) is 4.79 Å². The number of hydrogen-bond acceptors (Lipinski definition) is 5. The normalized spacial score (nSPS) is 12.2. The zero-order valence-corrected chi connectivity index (χ0v) is 9.14. The van der Waals surface area contributed by atoms with Crippen LogP contribution in [0.15, 0.2) is 29.3 Å². The Kier molecular flexibility index (Phi) is 2.24. The first-order valence-corrected chi connectivity index (χ1v) is 5.18. The summed E-state index contributed by atoms with van der Waals surface area (Å²) in [5.74, 6) is 1.09. The maximum absolute atomic E-state index is 11.6. The molecule has 3 rings (SSSR count). The van der Waals surface area contributed by atoms with E-state index in [2.05, 4.69) is 9.97 Å². The van der Waals surface area contributed by atoms with Gasteiger partial charge >= 0.3 is 0 Å². The SMILES string of the molecule is N#Cc1c(-c2cccc3c2OCO3)nc[nH]c1=O. The molecular weight excluding hydrogens is 234 g/mol. The Bertz CT molecular complexity index is 715. The van der Waals surface area contributed by atoms with Gasteiger partial charge in [0, 0.05) is 5.56 Å². The molecule has 2 aromatic rings. The van der Waals surface area contributed by atoms with Gasteiger partial charge in [0.2, 0.25) is 6.79 Å².